The standard InChI is InChI=1S/C26H20N4O2S/c1-2-32-24-13-6-5-12-23(24)30-25(31)19-9-3-4-10-21(19)28-26(30)33-17-18-16-29-14-8-7-11-22(29)20(18)15-27/h3-14,16H,2,17H2,1H3. The lowest BCUT2D eigenvalue weighted by Gasteiger charge is -2.16. The summed E-state index contributed by atoms with van der Waals surface area (Å²) in [5, 5.41) is 10.8. The van der Waals surface area contributed by atoms with Gasteiger partial charge in [0.1, 0.15) is 11.8 Å². The summed E-state index contributed by atoms with van der Waals surface area (Å²) in [6.45, 7) is 2.40. The molecule has 0 N–H and O–H groups in total. The number of para-hydroxylation sites is 3. The Bertz CT molecular complexity index is 1580. The summed E-state index contributed by atoms with van der Waals surface area (Å²) in [4.78, 5) is 18.4. The molecule has 0 aliphatic rings. The van der Waals surface area contributed by atoms with E-state index in [-0.39, 0.29) is 5.56 Å². The fraction of sp³-hybridized carbons (Fsp3) is 0.115. The molecule has 0 aliphatic heterocycles. The number of benzene rings is 2. The Hall–Kier alpha value is -4.02. The van der Waals surface area contributed by atoms with Gasteiger partial charge in [-0.15, -0.1) is 0 Å². The molecule has 0 atom stereocenters. The maximum atomic E-state index is 13.6. The quantitative estimate of drug-likeness (QED) is 0.262. The molecule has 7 heteroatoms. The zero-order valence-electron chi connectivity index (χ0n) is 17.9. The Kier molecular flexibility index (Phi) is 5.59. The highest BCUT2D eigenvalue weighted by Crippen LogP contribution is 2.30. The van der Waals surface area contributed by atoms with Gasteiger partial charge in [-0.3, -0.25) is 9.36 Å². The van der Waals surface area contributed by atoms with Crippen molar-refractivity contribution in [2.45, 2.75) is 17.8 Å². The van der Waals surface area contributed by atoms with E-state index < -0.39 is 0 Å². The highest BCUT2D eigenvalue weighted by molar-refractivity contribution is 7.98. The number of pyridine rings is 1. The lowest BCUT2D eigenvalue weighted by atomic mass is 10.2. The first-order valence-electron chi connectivity index (χ1n) is 10.6. The van der Waals surface area contributed by atoms with Crippen LogP contribution in [0.4, 0.5) is 0 Å². The summed E-state index contributed by atoms with van der Waals surface area (Å²) < 4.78 is 9.36. The Morgan fingerprint density at radius 3 is 2.70 bits per heavy atom. The van der Waals surface area contributed by atoms with Crippen LogP contribution in [0, 0.1) is 11.3 Å². The molecular formula is C26H20N4O2S. The van der Waals surface area contributed by atoms with Crippen molar-refractivity contribution in [3.63, 3.8) is 0 Å². The smallest absolute Gasteiger partial charge is 0.266 e. The SMILES string of the molecule is CCOc1ccccc1-n1c(SCc2cn3ccccc3c2C#N)nc2ccccc2c1=O. The van der Waals surface area contributed by atoms with Crippen molar-refractivity contribution in [1.29, 1.82) is 5.26 Å². The molecule has 0 bridgehead atoms. The molecule has 0 saturated carbocycles. The monoisotopic (exact) mass is 452 g/mol. The van der Waals surface area contributed by atoms with E-state index in [4.69, 9.17) is 9.72 Å². The molecule has 0 amide bonds. The summed E-state index contributed by atoms with van der Waals surface area (Å²) in [5.41, 5.74) is 3.51. The molecule has 6 nitrogen and oxygen atoms in total. The number of ether oxygens (including phenoxy) is 1. The van der Waals surface area contributed by atoms with Crippen molar-refractivity contribution in [2.75, 3.05) is 6.61 Å². The van der Waals surface area contributed by atoms with Crippen LogP contribution in [0.3, 0.4) is 0 Å². The Morgan fingerprint density at radius 1 is 1.06 bits per heavy atom. The van der Waals surface area contributed by atoms with E-state index in [0.29, 0.717) is 45.4 Å². The maximum absolute atomic E-state index is 13.6. The van der Waals surface area contributed by atoms with Crippen LogP contribution in [-0.2, 0) is 5.75 Å². The van der Waals surface area contributed by atoms with Gasteiger partial charge in [0.15, 0.2) is 5.16 Å². The Morgan fingerprint density at radius 2 is 1.85 bits per heavy atom. The first-order valence-corrected chi connectivity index (χ1v) is 11.5. The van der Waals surface area contributed by atoms with E-state index >= 15 is 0 Å². The lowest BCUT2D eigenvalue weighted by molar-refractivity contribution is 0.338. The van der Waals surface area contributed by atoms with Gasteiger partial charge in [-0.1, -0.05) is 42.1 Å². The Labute approximate surface area is 194 Å². The summed E-state index contributed by atoms with van der Waals surface area (Å²) in [7, 11) is 0. The molecule has 33 heavy (non-hydrogen) atoms. The zero-order chi connectivity index (χ0) is 22.8. The second kappa shape index (κ2) is 8.85. The average Bonchev–Trinajstić information content (AvgIpc) is 3.21. The van der Waals surface area contributed by atoms with Gasteiger partial charge in [-0.2, -0.15) is 5.26 Å². The molecule has 0 spiro atoms. The minimum atomic E-state index is -0.155. The van der Waals surface area contributed by atoms with Crippen LogP contribution < -0.4 is 10.3 Å². The van der Waals surface area contributed by atoms with Gasteiger partial charge in [-0.05, 0) is 48.9 Å². The third kappa shape index (κ3) is 3.75. The fourth-order valence-corrected chi connectivity index (χ4v) is 4.88. The van der Waals surface area contributed by atoms with Gasteiger partial charge in [0.25, 0.3) is 5.56 Å². The average molecular weight is 453 g/mol. The third-order valence-electron chi connectivity index (χ3n) is 5.38. The topological polar surface area (TPSA) is 72.3 Å². The number of hydrogen-bond acceptors (Lipinski definition) is 5. The fourth-order valence-electron chi connectivity index (χ4n) is 3.90. The van der Waals surface area contributed by atoms with Crippen LogP contribution in [-0.4, -0.2) is 20.6 Å². The van der Waals surface area contributed by atoms with Crippen molar-refractivity contribution in [3.05, 3.63) is 101 Å². The molecule has 5 rings (SSSR count). The Balaban J connectivity index is 1.65. The number of thioether (sulfide) groups is 1. The van der Waals surface area contributed by atoms with Gasteiger partial charge in [-0.25, -0.2) is 4.98 Å². The van der Waals surface area contributed by atoms with Crippen LogP contribution >= 0.6 is 11.8 Å². The molecule has 2 aromatic carbocycles. The summed E-state index contributed by atoms with van der Waals surface area (Å²) in [5.74, 6) is 1.11. The van der Waals surface area contributed by atoms with E-state index in [1.54, 1.807) is 10.6 Å². The van der Waals surface area contributed by atoms with Crippen LogP contribution in [0.5, 0.6) is 5.75 Å². The van der Waals surface area contributed by atoms with Crippen molar-refractivity contribution in [3.8, 4) is 17.5 Å². The zero-order valence-corrected chi connectivity index (χ0v) is 18.7. The van der Waals surface area contributed by atoms with Gasteiger partial charge < -0.3 is 9.14 Å². The van der Waals surface area contributed by atoms with Crippen LogP contribution in [0.25, 0.3) is 22.1 Å². The predicted octanol–water partition coefficient (Wildman–Crippen LogP) is 5.20. The van der Waals surface area contributed by atoms with Crippen molar-refractivity contribution < 1.29 is 4.74 Å². The van der Waals surface area contributed by atoms with E-state index in [1.807, 2.05) is 84.4 Å². The minimum absolute atomic E-state index is 0.155. The molecule has 0 saturated heterocycles. The molecule has 0 unspecified atom stereocenters. The van der Waals surface area contributed by atoms with E-state index in [9.17, 15) is 10.1 Å². The van der Waals surface area contributed by atoms with Crippen molar-refractivity contribution >= 4 is 28.2 Å². The number of nitrogens with zero attached hydrogens (tertiary/aromatic N) is 4. The molecular weight excluding hydrogens is 432 g/mol. The number of fused-ring (bicyclic) bond motifs is 2. The van der Waals surface area contributed by atoms with E-state index in [1.165, 1.54) is 11.8 Å². The number of aromatic nitrogens is 3. The molecule has 162 valence electrons. The number of nitriles is 1. The predicted molar refractivity (Wildman–Crippen MR) is 130 cm³/mol. The maximum Gasteiger partial charge on any atom is 0.266 e. The minimum Gasteiger partial charge on any atom is -0.492 e. The molecule has 0 aliphatic carbocycles. The van der Waals surface area contributed by atoms with Crippen LogP contribution in [0.1, 0.15) is 18.1 Å². The number of hydrogen-bond donors (Lipinski definition) is 0. The number of rotatable bonds is 6. The summed E-state index contributed by atoms with van der Waals surface area (Å²) in [6, 6.07) is 22.9. The summed E-state index contributed by atoms with van der Waals surface area (Å²) >= 11 is 1.43. The lowest BCUT2D eigenvalue weighted by Crippen LogP contribution is -2.22. The van der Waals surface area contributed by atoms with Crippen LogP contribution in [0.15, 0.2) is 89.1 Å². The second-order valence-electron chi connectivity index (χ2n) is 7.38. The normalized spacial score (nSPS) is 11.0. The van der Waals surface area contributed by atoms with Crippen molar-refractivity contribution in [2.24, 2.45) is 0 Å². The van der Waals surface area contributed by atoms with Gasteiger partial charge in [0, 0.05) is 18.1 Å². The summed E-state index contributed by atoms with van der Waals surface area (Å²) in [6.07, 6.45) is 3.88. The molecule has 3 heterocycles. The molecule has 0 radical (unpaired) electrons. The highest BCUT2D eigenvalue weighted by Gasteiger charge is 2.18. The third-order valence-corrected chi connectivity index (χ3v) is 6.37. The second-order valence-corrected chi connectivity index (χ2v) is 8.32. The molecule has 5 aromatic rings. The van der Waals surface area contributed by atoms with E-state index in [2.05, 4.69) is 6.07 Å². The molecule has 3 aromatic heterocycles. The largest absolute Gasteiger partial charge is 0.492 e. The first kappa shape index (κ1) is 20.9. The van der Waals surface area contributed by atoms with Crippen molar-refractivity contribution in [1.82, 2.24) is 14.0 Å². The first-order chi connectivity index (χ1) is 16.2. The van der Waals surface area contributed by atoms with Gasteiger partial charge in [0.05, 0.1) is 34.3 Å². The molecule has 0 fully saturated rings. The highest BCUT2D eigenvalue weighted by atomic mass is 32.2. The van der Waals surface area contributed by atoms with Gasteiger partial charge in [0.2, 0.25) is 0 Å². The van der Waals surface area contributed by atoms with Crippen LogP contribution in [0.2, 0.25) is 0 Å². The van der Waals surface area contributed by atoms with E-state index in [0.717, 1.165) is 11.1 Å². The van der Waals surface area contributed by atoms with Gasteiger partial charge >= 0.3 is 0 Å².